The Balaban J connectivity index is 2.03. The average Bonchev–Trinajstić information content (AvgIpc) is 2.71. The van der Waals surface area contributed by atoms with Gasteiger partial charge in [-0.15, -0.1) is 0 Å². The molecule has 0 heterocycles. The van der Waals surface area contributed by atoms with E-state index in [1.54, 1.807) is 6.07 Å². The zero-order valence-corrected chi connectivity index (χ0v) is 15.9. The predicted octanol–water partition coefficient (Wildman–Crippen LogP) is 2.08. The molecule has 0 bridgehead atoms. The van der Waals surface area contributed by atoms with Gasteiger partial charge in [-0.05, 0) is 43.3 Å². The van der Waals surface area contributed by atoms with Crippen LogP contribution in [0.4, 0.5) is 4.39 Å². The molecule has 0 aliphatic carbocycles. The Labute approximate surface area is 161 Å². The van der Waals surface area contributed by atoms with Gasteiger partial charge in [0.15, 0.2) is 17.6 Å². The number of hydrogen-bond acceptors (Lipinski definition) is 6. The van der Waals surface area contributed by atoms with Crippen molar-refractivity contribution in [2.45, 2.75) is 13.0 Å². The molecule has 0 spiro atoms. The Morgan fingerprint density at radius 2 is 1.54 bits per heavy atom. The van der Waals surface area contributed by atoms with Crippen LogP contribution in [-0.2, 0) is 4.79 Å². The van der Waals surface area contributed by atoms with E-state index in [2.05, 4.69) is 10.9 Å². The summed E-state index contributed by atoms with van der Waals surface area (Å²) in [5.74, 6) is -0.530. The third-order valence-corrected chi connectivity index (χ3v) is 3.74. The number of hydrogen-bond donors (Lipinski definition) is 2. The maximum Gasteiger partial charge on any atom is 0.279 e. The molecule has 8 nitrogen and oxygen atoms in total. The molecule has 0 saturated carbocycles. The quantitative estimate of drug-likeness (QED) is 0.701. The summed E-state index contributed by atoms with van der Waals surface area (Å²) in [4.78, 5) is 24.6. The minimum atomic E-state index is -0.932. The van der Waals surface area contributed by atoms with E-state index in [9.17, 15) is 14.0 Å². The van der Waals surface area contributed by atoms with Crippen LogP contribution in [0.1, 0.15) is 17.3 Å². The molecule has 1 atom stereocenters. The second kappa shape index (κ2) is 9.45. The van der Waals surface area contributed by atoms with Crippen molar-refractivity contribution in [2.24, 2.45) is 0 Å². The number of amides is 2. The van der Waals surface area contributed by atoms with Crippen molar-refractivity contribution in [3.63, 3.8) is 0 Å². The van der Waals surface area contributed by atoms with Crippen LogP contribution in [0.2, 0.25) is 0 Å². The Kier molecular flexibility index (Phi) is 7.02. The van der Waals surface area contributed by atoms with Crippen LogP contribution < -0.4 is 29.8 Å². The molecule has 0 saturated heterocycles. The van der Waals surface area contributed by atoms with Gasteiger partial charge in [-0.25, -0.2) is 4.39 Å². The predicted molar refractivity (Wildman–Crippen MR) is 98.2 cm³/mol. The van der Waals surface area contributed by atoms with Crippen LogP contribution in [0.15, 0.2) is 36.4 Å². The topological polar surface area (TPSA) is 95.1 Å². The molecule has 0 aromatic heterocycles. The molecular formula is C19H21FN2O6. The smallest absolute Gasteiger partial charge is 0.279 e. The summed E-state index contributed by atoms with van der Waals surface area (Å²) in [6.07, 6.45) is -0.932. The Morgan fingerprint density at radius 3 is 2.11 bits per heavy atom. The van der Waals surface area contributed by atoms with Gasteiger partial charge < -0.3 is 18.9 Å². The number of methoxy groups -OCH3 is 3. The van der Waals surface area contributed by atoms with E-state index >= 15 is 0 Å². The number of hydrazine groups is 1. The van der Waals surface area contributed by atoms with Gasteiger partial charge in [-0.3, -0.25) is 20.4 Å². The van der Waals surface area contributed by atoms with Crippen molar-refractivity contribution in [3.8, 4) is 23.0 Å². The fraction of sp³-hybridized carbons (Fsp3) is 0.263. The fourth-order valence-electron chi connectivity index (χ4n) is 2.34. The van der Waals surface area contributed by atoms with E-state index in [1.165, 1.54) is 58.6 Å². The number of benzene rings is 2. The van der Waals surface area contributed by atoms with Gasteiger partial charge in [0, 0.05) is 0 Å². The summed E-state index contributed by atoms with van der Waals surface area (Å²) < 4.78 is 33.9. The second-order valence-electron chi connectivity index (χ2n) is 5.54. The molecule has 2 aromatic carbocycles. The lowest BCUT2D eigenvalue weighted by molar-refractivity contribution is -0.128. The highest BCUT2D eigenvalue weighted by molar-refractivity contribution is 5.99. The second-order valence-corrected chi connectivity index (χ2v) is 5.54. The minimum absolute atomic E-state index is 0.132. The van der Waals surface area contributed by atoms with E-state index in [-0.39, 0.29) is 17.1 Å². The van der Waals surface area contributed by atoms with E-state index in [0.717, 1.165) is 0 Å². The normalized spacial score (nSPS) is 11.2. The van der Waals surface area contributed by atoms with Gasteiger partial charge in [0.2, 0.25) is 5.75 Å². The molecule has 150 valence electrons. The van der Waals surface area contributed by atoms with Crippen LogP contribution in [0, 0.1) is 5.82 Å². The molecule has 2 amide bonds. The molecule has 2 aromatic rings. The Morgan fingerprint density at radius 1 is 0.893 bits per heavy atom. The summed E-state index contributed by atoms with van der Waals surface area (Å²) in [6, 6.07) is 8.23. The third kappa shape index (κ3) is 4.81. The van der Waals surface area contributed by atoms with Crippen molar-refractivity contribution >= 4 is 11.8 Å². The molecule has 0 aliphatic rings. The molecule has 0 fully saturated rings. The van der Waals surface area contributed by atoms with Crippen LogP contribution in [0.3, 0.4) is 0 Å². The number of ether oxygens (including phenoxy) is 4. The lowest BCUT2D eigenvalue weighted by atomic mass is 10.1. The summed E-state index contributed by atoms with van der Waals surface area (Å²) in [5.41, 5.74) is 4.68. The molecular weight excluding hydrogens is 371 g/mol. The van der Waals surface area contributed by atoms with Crippen LogP contribution in [0.5, 0.6) is 23.0 Å². The first-order valence-corrected chi connectivity index (χ1v) is 8.22. The van der Waals surface area contributed by atoms with Gasteiger partial charge >= 0.3 is 0 Å². The first-order valence-electron chi connectivity index (χ1n) is 8.22. The average molecular weight is 392 g/mol. The number of carbonyl (C=O) groups is 2. The van der Waals surface area contributed by atoms with Crippen molar-refractivity contribution in [1.29, 1.82) is 0 Å². The fourth-order valence-corrected chi connectivity index (χ4v) is 2.34. The number of nitrogens with one attached hydrogen (secondary N) is 2. The highest BCUT2D eigenvalue weighted by atomic mass is 19.1. The third-order valence-electron chi connectivity index (χ3n) is 3.74. The zero-order valence-electron chi connectivity index (χ0n) is 15.9. The largest absolute Gasteiger partial charge is 0.493 e. The highest BCUT2D eigenvalue weighted by Crippen LogP contribution is 2.39. The van der Waals surface area contributed by atoms with Gasteiger partial charge in [0.05, 0.1) is 26.9 Å². The maximum absolute atomic E-state index is 12.9. The summed E-state index contributed by atoms with van der Waals surface area (Å²) in [6.45, 7) is 1.49. The lowest BCUT2D eigenvalue weighted by Crippen LogP contribution is -2.47. The van der Waals surface area contributed by atoms with Gasteiger partial charge in [0.25, 0.3) is 11.8 Å². The molecule has 0 radical (unpaired) electrons. The van der Waals surface area contributed by atoms with Crippen molar-refractivity contribution in [1.82, 2.24) is 10.9 Å². The minimum Gasteiger partial charge on any atom is -0.493 e. The number of carbonyl (C=O) groups excluding carboxylic acids is 2. The summed E-state index contributed by atoms with van der Waals surface area (Å²) in [5, 5.41) is 0. The molecule has 28 heavy (non-hydrogen) atoms. The maximum atomic E-state index is 12.9. The first kappa shape index (κ1) is 20.8. The van der Waals surface area contributed by atoms with E-state index < -0.39 is 23.7 Å². The van der Waals surface area contributed by atoms with Crippen molar-refractivity contribution < 1.29 is 32.9 Å². The van der Waals surface area contributed by atoms with E-state index in [4.69, 9.17) is 18.9 Å². The van der Waals surface area contributed by atoms with Gasteiger partial charge in [-0.1, -0.05) is 0 Å². The molecule has 2 rings (SSSR count). The SMILES string of the molecule is COc1ccc(C(=O)NNC(=O)C(C)Oc2ccc(F)cc2)c(OC)c1OC. The number of halogens is 1. The van der Waals surface area contributed by atoms with Crippen LogP contribution in [-0.4, -0.2) is 39.2 Å². The van der Waals surface area contributed by atoms with Gasteiger partial charge in [0.1, 0.15) is 11.6 Å². The first-order chi connectivity index (χ1) is 13.4. The molecule has 1 unspecified atom stereocenters. The number of rotatable bonds is 7. The monoisotopic (exact) mass is 392 g/mol. The standard InChI is InChI=1S/C19H21FN2O6/c1-11(28-13-7-5-12(20)6-8-13)18(23)21-22-19(24)14-9-10-15(25-2)17(27-4)16(14)26-3/h5-11H,1-4H3,(H,21,23)(H,22,24). The zero-order chi connectivity index (χ0) is 20.7. The van der Waals surface area contributed by atoms with Crippen molar-refractivity contribution in [3.05, 3.63) is 47.8 Å². The van der Waals surface area contributed by atoms with E-state index in [1.807, 2.05) is 0 Å². The van der Waals surface area contributed by atoms with Crippen molar-refractivity contribution in [2.75, 3.05) is 21.3 Å². The Bertz CT molecular complexity index is 841. The summed E-state index contributed by atoms with van der Waals surface area (Å²) >= 11 is 0. The van der Waals surface area contributed by atoms with Crippen LogP contribution in [0.25, 0.3) is 0 Å². The van der Waals surface area contributed by atoms with Crippen LogP contribution >= 0.6 is 0 Å². The van der Waals surface area contributed by atoms with E-state index in [0.29, 0.717) is 11.5 Å². The molecule has 9 heteroatoms. The van der Waals surface area contributed by atoms with Gasteiger partial charge in [-0.2, -0.15) is 0 Å². The Hall–Kier alpha value is -3.49. The molecule has 2 N–H and O–H groups in total. The molecule has 0 aliphatic heterocycles. The summed E-state index contributed by atoms with van der Waals surface area (Å²) in [7, 11) is 4.25. The lowest BCUT2D eigenvalue weighted by Gasteiger charge is -2.17. The highest BCUT2D eigenvalue weighted by Gasteiger charge is 2.22.